The lowest BCUT2D eigenvalue weighted by atomic mass is 9.96. The maximum Gasteiger partial charge on any atom is 0.129 e. The lowest BCUT2D eigenvalue weighted by molar-refractivity contribution is 0.0978. The van der Waals surface area contributed by atoms with E-state index in [1.165, 1.54) is 0 Å². The summed E-state index contributed by atoms with van der Waals surface area (Å²) in [5.74, 6) is 0.126. The molecule has 2 atom stereocenters. The molecule has 0 saturated carbocycles. The van der Waals surface area contributed by atoms with E-state index in [4.69, 9.17) is 17.3 Å². The molecule has 0 aliphatic heterocycles. The summed E-state index contributed by atoms with van der Waals surface area (Å²) in [6.45, 7) is 3.85. The van der Waals surface area contributed by atoms with Crippen molar-refractivity contribution in [3.05, 3.63) is 29.0 Å². The molecule has 0 aliphatic rings. The lowest BCUT2D eigenvalue weighted by Gasteiger charge is -2.21. The molecule has 0 bridgehead atoms. The predicted octanol–water partition coefficient (Wildman–Crippen LogP) is 1.75. The molecule has 1 aromatic rings. The normalized spacial score (nSPS) is 15.6. The van der Waals surface area contributed by atoms with Crippen molar-refractivity contribution in [3.63, 3.8) is 0 Å². The van der Waals surface area contributed by atoms with E-state index in [-0.39, 0.29) is 5.92 Å². The van der Waals surface area contributed by atoms with Crippen molar-refractivity contribution >= 4 is 11.6 Å². The van der Waals surface area contributed by atoms with Crippen molar-refractivity contribution in [1.82, 2.24) is 4.98 Å². The smallest absolute Gasteiger partial charge is 0.129 e. The molecule has 1 rings (SSSR count). The van der Waals surface area contributed by atoms with Gasteiger partial charge < -0.3 is 10.8 Å². The summed E-state index contributed by atoms with van der Waals surface area (Å²) in [6, 6.07) is 3.05. The molecule has 0 radical (unpaired) electrons. The van der Waals surface area contributed by atoms with Crippen molar-refractivity contribution in [1.29, 1.82) is 0 Å². The van der Waals surface area contributed by atoms with Crippen LogP contribution >= 0.6 is 11.6 Å². The van der Waals surface area contributed by atoms with E-state index >= 15 is 0 Å². The summed E-state index contributed by atoms with van der Waals surface area (Å²) in [5, 5.41) is 10.2. The molecule has 0 saturated heterocycles. The Labute approximate surface area is 88.9 Å². The van der Waals surface area contributed by atoms with Gasteiger partial charge in [-0.15, -0.1) is 0 Å². The number of nitrogens with two attached hydrogens (primary N) is 1. The first kappa shape index (κ1) is 11.4. The van der Waals surface area contributed by atoms with Gasteiger partial charge in [-0.1, -0.05) is 31.5 Å². The first-order chi connectivity index (χ1) is 6.52. The highest BCUT2D eigenvalue weighted by molar-refractivity contribution is 6.29. The molecule has 1 heterocycles. The molecular weight excluding hydrogens is 200 g/mol. The molecule has 3 N–H and O–H groups in total. The van der Waals surface area contributed by atoms with Crippen LogP contribution in [-0.4, -0.2) is 16.2 Å². The van der Waals surface area contributed by atoms with Crippen LogP contribution in [0.15, 0.2) is 18.3 Å². The van der Waals surface area contributed by atoms with Gasteiger partial charge in [0.25, 0.3) is 0 Å². The topological polar surface area (TPSA) is 59.1 Å². The molecular formula is C10H15ClN2O. The number of pyridine rings is 1. The minimum Gasteiger partial charge on any atom is -0.391 e. The molecule has 78 valence electrons. The third kappa shape index (κ3) is 2.67. The highest BCUT2D eigenvalue weighted by atomic mass is 35.5. The molecule has 14 heavy (non-hydrogen) atoms. The molecule has 0 aromatic carbocycles. The van der Waals surface area contributed by atoms with Crippen molar-refractivity contribution in [2.75, 3.05) is 0 Å². The van der Waals surface area contributed by atoms with Gasteiger partial charge in [0.2, 0.25) is 0 Å². The number of hydrogen-bond acceptors (Lipinski definition) is 3. The van der Waals surface area contributed by atoms with Gasteiger partial charge in [-0.3, -0.25) is 0 Å². The van der Waals surface area contributed by atoms with Crippen LogP contribution in [0.4, 0.5) is 0 Å². The quantitative estimate of drug-likeness (QED) is 0.754. The molecule has 0 fully saturated rings. The lowest BCUT2D eigenvalue weighted by Crippen LogP contribution is -2.30. The molecule has 1 aromatic heterocycles. The largest absolute Gasteiger partial charge is 0.391 e. The summed E-state index contributed by atoms with van der Waals surface area (Å²) < 4.78 is 0. The Morgan fingerprint density at radius 1 is 1.43 bits per heavy atom. The van der Waals surface area contributed by atoms with Gasteiger partial charge in [0.1, 0.15) is 5.15 Å². The van der Waals surface area contributed by atoms with Crippen LogP contribution in [0.5, 0.6) is 0 Å². The van der Waals surface area contributed by atoms with Crippen molar-refractivity contribution in [2.24, 2.45) is 11.7 Å². The van der Waals surface area contributed by atoms with Crippen LogP contribution in [0.25, 0.3) is 0 Å². The van der Waals surface area contributed by atoms with Gasteiger partial charge in [-0.2, -0.15) is 0 Å². The van der Waals surface area contributed by atoms with Crippen LogP contribution in [0, 0.1) is 5.92 Å². The summed E-state index contributed by atoms with van der Waals surface area (Å²) in [5.41, 5.74) is 6.66. The zero-order valence-corrected chi connectivity index (χ0v) is 9.07. The maximum absolute atomic E-state index is 9.73. The Morgan fingerprint density at radius 3 is 2.50 bits per heavy atom. The number of aromatic nitrogens is 1. The Kier molecular flexibility index (Phi) is 3.86. The van der Waals surface area contributed by atoms with E-state index in [9.17, 15) is 5.11 Å². The number of rotatable bonds is 3. The molecule has 0 amide bonds. The van der Waals surface area contributed by atoms with Crippen LogP contribution < -0.4 is 5.73 Å². The van der Waals surface area contributed by atoms with Gasteiger partial charge in [-0.25, -0.2) is 4.98 Å². The second kappa shape index (κ2) is 4.73. The standard InChI is InChI=1S/C10H15ClN2O/c1-6(2)10(14)9(12)7-3-4-8(11)13-5-7/h3-6,9-10,14H,12H2,1-2H3. The van der Waals surface area contributed by atoms with E-state index < -0.39 is 12.1 Å². The Balaban J connectivity index is 2.78. The summed E-state index contributed by atoms with van der Waals surface area (Å²) in [6.07, 6.45) is 1.04. The second-order valence-electron chi connectivity index (χ2n) is 3.67. The van der Waals surface area contributed by atoms with Gasteiger partial charge >= 0.3 is 0 Å². The average Bonchev–Trinajstić information content (AvgIpc) is 2.16. The Hall–Kier alpha value is -0.640. The fraction of sp³-hybridized carbons (Fsp3) is 0.500. The highest BCUT2D eigenvalue weighted by Gasteiger charge is 2.19. The third-order valence-corrected chi connectivity index (χ3v) is 2.41. The third-order valence-electron chi connectivity index (χ3n) is 2.19. The summed E-state index contributed by atoms with van der Waals surface area (Å²) in [7, 11) is 0. The molecule has 3 nitrogen and oxygen atoms in total. The maximum atomic E-state index is 9.73. The zero-order valence-electron chi connectivity index (χ0n) is 8.31. The monoisotopic (exact) mass is 214 g/mol. The molecule has 0 aliphatic carbocycles. The SMILES string of the molecule is CC(C)C(O)C(N)c1ccc(Cl)nc1. The van der Waals surface area contributed by atoms with Gasteiger partial charge in [0.15, 0.2) is 0 Å². The second-order valence-corrected chi connectivity index (χ2v) is 4.06. The number of aliphatic hydroxyl groups is 1. The number of nitrogens with zero attached hydrogens (tertiary/aromatic N) is 1. The fourth-order valence-electron chi connectivity index (χ4n) is 1.20. The van der Waals surface area contributed by atoms with E-state index in [0.717, 1.165) is 5.56 Å². The highest BCUT2D eigenvalue weighted by Crippen LogP contribution is 2.19. The average molecular weight is 215 g/mol. The van der Waals surface area contributed by atoms with E-state index in [1.807, 2.05) is 13.8 Å². The first-order valence-corrected chi connectivity index (χ1v) is 4.95. The van der Waals surface area contributed by atoms with Crippen LogP contribution in [0.1, 0.15) is 25.5 Å². The molecule has 4 heteroatoms. The van der Waals surface area contributed by atoms with Crippen molar-refractivity contribution in [3.8, 4) is 0 Å². The van der Waals surface area contributed by atoms with Crippen molar-refractivity contribution in [2.45, 2.75) is 26.0 Å². The number of hydrogen-bond donors (Lipinski definition) is 2. The van der Waals surface area contributed by atoms with Gasteiger partial charge in [0.05, 0.1) is 12.1 Å². The summed E-state index contributed by atoms with van der Waals surface area (Å²) in [4.78, 5) is 3.92. The predicted molar refractivity (Wildman–Crippen MR) is 57.0 cm³/mol. The minimum absolute atomic E-state index is 0.126. The van der Waals surface area contributed by atoms with Crippen molar-refractivity contribution < 1.29 is 5.11 Å². The molecule has 0 spiro atoms. The Bertz CT molecular complexity index is 287. The fourth-order valence-corrected chi connectivity index (χ4v) is 1.31. The number of aliphatic hydroxyl groups excluding tert-OH is 1. The van der Waals surface area contributed by atoms with E-state index in [0.29, 0.717) is 5.15 Å². The Morgan fingerprint density at radius 2 is 2.07 bits per heavy atom. The van der Waals surface area contributed by atoms with E-state index in [1.54, 1.807) is 18.3 Å². The van der Waals surface area contributed by atoms with E-state index in [2.05, 4.69) is 4.98 Å². The molecule has 2 unspecified atom stereocenters. The minimum atomic E-state index is -0.557. The summed E-state index contributed by atoms with van der Waals surface area (Å²) >= 11 is 5.64. The zero-order chi connectivity index (χ0) is 10.7. The van der Waals surface area contributed by atoms with Crippen LogP contribution in [-0.2, 0) is 0 Å². The van der Waals surface area contributed by atoms with Gasteiger partial charge in [0, 0.05) is 6.20 Å². The van der Waals surface area contributed by atoms with Crippen LogP contribution in [0.2, 0.25) is 5.15 Å². The number of halogens is 1. The van der Waals surface area contributed by atoms with Gasteiger partial charge in [-0.05, 0) is 17.5 Å². The van der Waals surface area contributed by atoms with Crippen LogP contribution in [0.3, 0.4) is 0 Å². The first-order valence-electron chi connectivity index (χ1n) is 4.57.